The lowest BCUT2D eigenvalue weighted by atomic mass is 10.6. The minimum Gasteiger partial charge on any atom is -0.461 e. The second-order valence-corrected chi connectivity index (χ2v) is 5.45. The Balaban J connectivity index is 1.76. The lowest BCUT2D eigenvalue weighted by molar-refractivity contribution is -0.0124. The van der Waals surface area contributed by atoms with Gasteiger partial charge in [-0.05, 0) is 17.1 Å². The van der Waals surface area contributed by atoms with Crippen LogP contribution in [-0.4, -0.2) is 94.2 Å². The summed E-state index contributed by atoms with van der Waals surface area (Å²) < 4.78 is 31.8. The largest absolute Gasteiger partial charge is 0.461 e. The Hall–Kier alpha value is -1.99. The Morgan fingerprint density at radius 2 is 1.24 bits per heavy atom. The quantitative estimate of drug-likeness (QED) is 0.142. The third kappa shape index (κ3) is 15.6. The average molecular weight is 436 g/mol. The zero-order chi connectivity index (χ0) is 21.0. The van der Waals surface area contributed by atoms with Gasteiger partial charge in [0.1, 0.15) is 6.61 Å². The van der Waals surface area contributed by atoms with E-state index >= 15 is 0 Å². The van der Waals surface area contributed by atoms with Gasteiger partial charge in [-0.2, -0.15) is 15.0 Å². The number of rotatable bonds is 19. The van der Waals surface area contributed by atoms with Crippen LogP contribution in [0.15, 0.2) is 5.11 Å². The van der Waals surface area contributed by atoms with Gasteiger partial charge in [0.05, 0.1) is 66.1 Å². The molecule has 1 aromatic heterocycles. The number of nitrogens with zero attached hydrogens (tertiary/aromatic N) is 6. The Kier molecular flexibility index (Phi) is 15.6. The van der Waals surface area contributed by atoms with Crippen molar-refractivity contribution in [3.63, 3.8) is 0 Å². The zero-order valence-electron chi connectivity index (χ0n) is 16.1. The number of hydrogen-bond donors (Lipinski definition) is 1. The molecule has 0 spiro atoms. The third-order valence-corrected chi connectivity index (χ3v) is 3.12. The van der Waals surface area contributed by atoms with Crippen LogP contribution < -0.4 is 10.5 Å². The fourth-order valence-electron chi connectivity index (χ4n) is 1.73. The van der Waals surface area contributed by atoms with E-state index in [9.17, 15) is 0 Å². The molecular weight excluding hydrogens is 410 g/mol. The molecule has 29 heavy (non-hydrogen) atoms. The standard InChI is InChI=1S/C15H26ClN7O6/c16-13-20-14(17)22-15(21-13)29-12-11-28-10-9-27-8-7-26-6-5-25-4-3-24-2-1-19-23-18/h1-12H2,(H2,17,20,21,22). The summed E-state index contributed by atoms with van der Waals surface area (Å²) in [6, 6.07) is 0.0568. The van der Waals surface area contributed by atoms with E-state index in [4.69, 9.17) is 51.3 Å². The van der Waals surface area contributed by atoms with Crippen molar-refractivity contribution in [2.45, 2.75) is 0 Å². The molecule has 0 radical (unpaired) electrons. The van der Waals surface area contributed by atoms with Crippen molar-refractivity contribution in [1.29, 1.82) is 0 Å². The van der Waals surface area contributed by atoms with Crippen molar-refractivity contribution < 1.29 is 28.4 Å². The highest BCUT2D eigenvalue weighted by atomic mass is 35.5. The van der Waals surface area contributed by atoms with E-state index in [0.29, 0.717) is 72.6 Å². The molecule has 164 valence electrons. The maximum Gasteiger partial charge on any atom is 0.322 e. The van der Waals surface area contributed by atoms with Crippen LogP contribution >= 0.6 is 11.6 Å². The fraction of sp³-hybridized carbons (Fsp3) is 0.800. The molecule has 0 saturated heterocycles. The highest BCUT2D eigenvalue weighted by molar-refractivity contribution is 6.28. The predicted octanol–water partition coefficient (Wildman–Crippen LogP) is 0.879. The van der Waals surface area contributed by atoms with Gasteiger partial charge in [-0.3, -0.25) is 0 Å². The maximum atomic E-state index is 8.08. The van der Waals surface area contributed by atoms with Crippen molar-refractivity contribution in [2.24, 2.45) is 5.11 Å². The Bertz CT molecular complexity index is 574. The Labute approximate surface area is 173 Å². The summed E-state index contributed by atoms with van der Waals surface area (Å²) in [5.41, 5.74) is 13.5. The van der Waals surface area contributed by atoms with E-state index in [-0.39, 0.29) is 23.8 Å². The molecular formula is C15H26ClN7O6. The van der Waals surface area contributed by atoms with Crippen LogP contribution in [0.1, 0.15) is 0 Å². The van der Waals surface area contributed by atoms with Gasteiger partial charge in [0.2, 0.25) is 11.2 Å². The monoisotopic (exact) mass is 435 g/mol. The maximum absolute atomic E-state index is 8.08. The predicted molar refractivity (Wildman–Crippen MR) is 103 cm³/mol. The number of anilines is 1. The first-order valence-corrected chi connectivity index (χ1v) is 9.29. The minimum atomic E-state index is -0.0245. The van der Waals surface area contributed by atoms with Crippen LogP contribution in [0.3, 0.4) is 0 Å². The van der Waals surface area contributed by atoms with Gasteiger partial charge in [-0.1, -0.05) is 5.11 Å². The van der Waals surface area contributed by atoms with Gasteiger partial charge >= 0.3 is 6.01 Å². The summed E-state index contributed by atoms with van der Waals surface area (Å²) in [4.78, 5) is 13.8. The summed E-state index contributed by atoms with van der Waals surface area (Å²) >= 11 is 5.64. The van der Waals surface area contributed by atoms with Gasteiger partial charge in [-0.15, -0.1) is 0 Å². The number of ether oxygens (including phenoxy) is 6. The van der Waals surface area contributed by atoms with E-state index < -0.39 is 0 Å². The van der Waals surface area contributed by atoms with Crippen molar-refractivity contribution in [2.75, 3.05) is 85.0 Å². The Morgan fingerprint density at radius 3 is 1.72 bits per heavy atom. The number of halogens is 1. The van der Waals surface area contributed by atoms with Crippen LogP contribution in [-0.2, 0) is 23.7 Å². The third-order valence-electron chi connectivity index (χ3n) is 2.95. The smallest absolute Gasteiger partial charge is 0.322 e. The molecule has 0 bridgehead atoms. The molecule has 1 rings (SSSR count). The molecule has 0 aliphatic carbocycles. The topological polar surface area (TPSA) is 169 Å². The molecule has 2 N–H and O–H groups in total. The van der Waals surface area contributed by atoms with E-state index in [1.807, 2.05) is 0 Å². The molecule has 0 aliphatic rings. The summed E-state index contributed by atoms with van der Waals surface area (Å²) in [6.45, 7) is 4.97. The van der Waals surface area contributed by atoms with Gasteiger partial charge in [0, 0.05) is 11.5 Å². The molecule has 0 saturated carbocycles. The number of nitrogens with two attached hydrogens (primary N) is 1. The van der Waals surface area contributed by atoms with Gasteiger partial charge < -0.3 is 34.2 Å². The van der Waals surface area contributed by atoms with Crippen molar-refractivity contribution in [3.8, 4) is 6.01 Å². The van der Waals surface area contributed by atoms with E-state index in [1.54, 1.807) is 0 Å². The van der Waals surface area contributed by atoms with Gasteiger partial charge in [0.25, 0.3) is 0 Å². The number of nitrogen functional groups attached to an aromatic ring is 1. The first-order valence-electron chi connectivity index (χ1n) is 8.92. The summed E-state index contributed by atoms with van der Waals surface area (Å²) in [5, 5.41) is 3.33. The van der Waals surface area contributed by atoms with Crippen LogP contribution in [0.2, 0.25) is 5.28 Å². The summed E-state index contributed by atoms with van der Waals surface area (Å²) in [6.07, 6.45) is 0. The highest BCUT2D eigenvalue weighted by Crippen LogP contribution is 2.08. The molecule has 13 nitrogen and oxygen atoms in total. The van der Waals surface area contributed by atoms with Gasteiger partial charge in [-0.25, -0.2) is 0 Å². The highest BCUT2D eigenvalue weighted by Gasteiger charge is 2.03. The molecule has 0 fully saturated rings. The first kappa shape index (κ1) is 25.0. The lowest BCUT2D eigenvalue weighted by Crippen LogP contribution is -2.15. The van der Waals surface area contributed by atoms with Crippen molar-refractivity contribution >= 4 is 17.5 Å². The molecule has 0 atom stereocenters. The fourth-order valence-corrected chi connectivity index (χ4v) is 1.89. The number of aromatic nitrogens is 3. The summed E-state index contributed by atoms with van der Waals surface area (Å²) in [5.74, 6) is -0.00369. The zero-order valence-corrected chi connectivity index (χ0v) is 16.8. The molecule has 0 aliphatic heterocycles. The lowest BCUT2D eigenvalue weighted by Gasteiger charge is -2.08. The SMILES string of the molecule is [N-]=[N+]=NCCOCCOCCOCCOCCOCCOc1nc(N)nc(Cl)n1. The van der Waals surface area contributed by atoms with Crippen LogP contribution in [0.5, 0.6) is 6.01 Å². The van der Waals surface area contributed by atoms with Crippen LogP contribution in [0.4, 0.5) is 5.95 Å². The summed E-state index contributed by atoms with van der Waals surface area (Å²) in [7, 11) is 0. The molecule has 14 heteroatoms. The molecule has 1 aromatic rings. The van der Waals surface area contributed by atoms with E-state index in [0.717, 1.165) is 0 Å². The first-order chi connectivity index (χ1) is 14.2. The second kappa shape index (κ2) is 18.1. The minimum absolute atomic E-state index is 0.00369. The van der Waals surface area contributed by atoms with Crippen LogP contribution in [0.25, 0.3) is 10.4 Å². The number of azide groups is 1. The van der Waals surface area contributed by atoms with E-state index in [2.05, 4.69) is 25.0 Å². The van der Waals surface area contributed by atoms with Gasteiger partial charge in [0.15, 0.2) is 0 Å². The second-order valence-electron chi connectivity index (χ2n) is 5.11. The van der Waals surface area contributed by atoms with E-state index in [1.165, 1.54) is 0 Å². The molecule has 0 amide bonds. The molecule has 0 unspecified atom stereocenters. The van der Waals surface area contributed by atoms with Crippen LogP contribution in [0, 0.1) is 0 Å². The van der Waals surface area contributed by atoms with Crippen molar-refractivity contribution in [1.82, 2.24) is 15.0 Å². The average Bonchev–Trinajstić information content (AvgIpc) is 2.69. The molecule has 0 aromatic carbocycles. The molecule has 1 heterocycles. The number of hydrogen-bond acceptors (Lipinski definition) is 11. The Morgan fingerprint density at radius 1 is 0.759 bits per heavy atom. The van der Waals surface area contributed by atoms with Crippen molar-refractivity contribution in [3.05, 3.63) is 15.7 Å². The normalized spacial score (nSPS) is 10.7.